The Kier molecular flexibility index (Phi) is 7.27. The number of ether oxygens (including phenoxy) is 2. The zero-order chi connectivity index (χ0) is 20.7. The van der Waals surface area contributed by atoms with E-state index in [1.165, 1.54) is 49.6 Å². The van der Waals surface area contributed by atoms with Crippen LogP contribution in [0, 0.1) is 11.3 Å². The molecule has 0 unspecified atom stereocenters. The van der Waals surface area contributed by atoms with Gasteiger partial charge in [0.15, 0.2) is 12.4 Å². The van der Waals surface area contributed by atoms with Crippen molar-refractivity contribution in [1.82, 2.24) is 0 Å². The first-order valence-corrected chi connectivity index (χ1v) is 8.50. The van der Waals surface area contributed by atoms with E-state index in [2.05, 4.69) is 10.1 Å². The zero-order valence-electron chi connectivity index (χ0n) is 14.5. The van der Waals surface area contributed by atoms with E-state index in [1.54, 1.807) is 6.07 Å². The van der Waals surface area contributed by atoms with Gasteiger partial charge in [0.25, 0.3) is 5.91 Å². The van der Waals surface area contributed by atoms with E-state index in [4.69, 9.17) is 27.9 Å². The van der Waals surface area contributed by atoms with Gasteiger partial charge < -0.3 is 19.9 Å². The van der Waals surface area contributed by atoms with Crippen LogP contribution in [-0.4, -0.2) is 30.7 Å². The topological polar surface area (TPSA) is 109 Å². The molecule has 0 atom stereocenters. The zero-order valence-corrected chi connectivity index (χ0v) is 16.0. The van der Waals surface area contributed by atoms with Crippen LogP contribution in [-0.2, 0) is 14.3 Å². The fraction of sp³-hybridized carbons (Fsp3) is 0.105. The van der Waals surface area contributed by atoms with Crippen molar-refractivity contribution in [3.8, 4) is 17.6 Å². The number of esters is 1. The van der Waals surface area contributed by atoms with Crippen LogP contribution in [0.2, 0.25) is 10.0 Å². The maximum absolute atomic E-state index is 12.3. The highest BCUT2D eigenvalue weighted by molar-refractivity contribution is 6.37. The molecule has 0 bridgehead atoms. The number of benzene rings is 2. The van der Waals surface area contributed by atoms with Gasteiger partial charge in [-0.3, -0.25) is 4.79 Å². The maximum atomic E-state index is 12.3. The number of rotatable bonds is 6. The molecular formula is C19H14Cl2N2O5. The molecule has 2 N–H and O–H groups in total. The Morgan fingerprint density at radius 2 is 1.82 bits per heavy atom. The van der Waals surface area contributed by atoms with Crippen molar-refractivity contribution in [2.75, 3.05) is 19.0 Å². The molecule has 0 radical (unpaired) electrons. The molecule has 0 fully saturated rings. The minimum Gasteiger partial charge on any atom is -0.508 e. The maximum Gasteiger partial charge on any atom is 0.343 e. The number of hydrogen-bond donors (Lipinski definition) is 2. The first kappa shape index (κ1) is 21.1. The second-order valence-corrected chi connectivity index (χ2v) is 6.16. The van der Waals surface area contributed by atoms with Crippen LogP contribution in [0.1, 0.15) is 5.56 Å². The Balaban J connectivity index is 2.21. The predicted octanol–water partition coefficient (Wildman–Crippen LogP) is 3.80. The summed E-state index contributed by atoms with van der Waals surface area (Å²) >= 11 is 12.2. The van der Waals surface area contributed by atoms with E-state index in [1.807, 2.05) is 0 Å². The molecule has 0 heterocycles. The van der Waals surface area contributed by atoms with Crippen LogP contribution in [0.4, 0.5) is 5.69 Å². The van der Waals surface area contributed by atoms with Crippen molar-refractivity contribution in [2.45, 2.75) is 0 Å². The number of nitrogens with zero attached hydrogens (tertiary/aromatic N) is 1. The van der Waals surface area contributed by atoms with Gasteiger partial charge in [-0.1, -0.05) is 23.2 Å². The minimum atomic E-state index is -0.647. The van der Waals surface area contributed by atoms with Gasteiger partial charge in [0.05, 0.1) is 17.2 Å². The standard InChI is InChI=1S/C19H14Cl2N2O5/c1-27-17(25)10-28-18-15(20)7-11(8-16(18)21)6-12(9-22)19(26)23-13-2-4-14(24)5-3-13/h2-8,24H,10H2,1H3,(H,23,26)/b12-6+. The quantitative estimate of drug-likeness (QED) is 0.318. The van der Waals surface area contributed by atoms with Crippen molar-refractivity contribution in [3.63, 3.8) is 0 Å². The summed E-state index contributed by atoms with van der Waals surface area (Å²) in [6, 6.07) is 10.5. The van der Waals surface area contributed by atoms with Crippen molar-refractivity contribution < 1.29 is 24.2 Å². The number of carbonyl (C=O) groups excluding carboxylic acids is 2. The normalized spacial score (nSPS) is 10.7. The molecule has 1 amide bonds. The molecule has 7 nitrogen and oxygen atoms in total. The van der Waals surface area contributed by atoms with Crippen LogP contribution in [0.3, 0.4) is 0 Å². The van der Waals surface area contributed by atoms with Crippen molar-refractivity contribution in [2.24, 2.45) is 0 Å². The monoisotopic (exact) mass is 420 g/mol. The summed E-state index contributed by atoms with van der Waals surface area (Å²) < 4.78 is 9.69. The lowest BCUT2D eigenvalue weighted by Gasteiger charge is -2.10. The molecule has 2 rings (SSSR count). The summed E-state index contributed by atoms with van der Waals surface area (Å²) in [7, 11) is 1.22. The first-order chi connectivity index (χ1) is 13.3. The molecule has 0 aliphatic heterocycles. The van der Waals surface area contributed by atoms with E-state index in [0.717, 1.165) is 0 Å². The number of phenols is 1. The smallest absolute Gasteiger partial charge is 0.343 e. The fourth-order valence-electron chi connectivity index (χ4n) is 2.05. The number of anilines is 1. The minimum absolute atomic E-state index is 0.0489. The Morgan fingerprint density at radius 3 is 2.36 bits per heavy atom. The van der Waals surface area contributed by atoms with Crippen LogP contribution in [0.15, 0.2) is 42.0 Å². The lowest BCUT2D eigenvalue weighted by atomic mass is 10.1. The van der Waals surface area contributed by atoms with Crippen molar-refractivity contribution in [3.05, 3.63) is 57.6 Å². The molecule has 144 valence electrons. The number of aromatic hydroxyl groups is 1. The third-order valence-electron chi connectivity index (χ3n) is 3.38. The van der Waals surface area contributed by atoms with Crippen LogP contribution in [0.25, 0.3) is 6.08 Å². The van der Waals surface area contributed by atoms with Gasteiger partial charge in [0, 0.05) is 5.69 Å². The highest BCUT2D eigenvalue weighted by atomic mass is 35.5. The SMILES string of the molecule is COC(=O)COc1c(Cl)cc(/C=C(\C#N)C(=O)Nc2ccc(O)cc2)cc1Cl. The number of halogens is 2. The molecule has 9 heteroatoms. The number of methoxy groups -OCH3 is 1. The van der Waals surface area contributed by atoms with Gasteiger partial charge in [0.2, 0.25) is 0 Å². The predicted molar refractivity (Wildman–Crippen MR) is 104 cm³/mol. The molecule has 0 spiro atoms. The molecule has 2 aromatic rings. The molecule has 0 aliphatic carbocycles. The van der Waals surface area contributed by atoms with Crippen LogP contribution in [0.5, 0.6) is 11.5 Å². The molecule has 2 aromatic carbocycles. The van der Waals surface area contributed by atoms with Crippen molar-refractivity contribution in [1.29, 1.82) is 5.26 Å². The first-order valence-electron chi connectivity index (χ1n) is 7.75. The number of carbonyl (C=O) groups is 2. The average Bonchev–Trinajstić information content (AvgIpc) is 2.66. The van der Waals surface area contributed by atoms with Crippen molar-refractivity contribution >= 4 is 46.8 Å². The summed E-state index contributed by atoms with van der Waals surface area (Å²) in [5, 5.41) is 21.3. The third kappa shape index (κ3) is 5.64. The number of nitriles is 1. The van der Waals surface area contributed by atoms with Gasteiger partial charge in [-0.05, 0) is 48.0 Å². The molecule has 0 saturated carbocycles. The lowest BCUT2D eigenvalue weighted by molar-refractivity contribution is -0.142. The number of hydrogen-bond acceptors (Lipinski definition) is 6. The third-order valence-corrected chi connectivity index (χ3v) is 3.95. The molecule has 28 heavy (non-hydrogen) atoms. The number of amides is 1. The molecule has 0 aromatic heterocycles. The fourth-order valence-corrected chi connectivity index (χ4v) is 2.66. The van der Waals surface area contributed by atoms with Crippen LogP contribution < -0.4 is 10.1 Å². The lowest BCUT2D eigenvalue weighted by Crippen LogP contribution is -2.13. The number of nitrogens with one attached hydrogen (secondary N) is 1. The van der Waals surface area contributed by atoms with E-state index < -0.39 is 11.9 Å². The summed E-state index contributed by atoms with van der Waals surface area (Å²) in [4.78, 5) is 23.4. The summed E-state index contributed by atoms with van der Waals surface area (Å²) in [5.74, 6) is -1.12. The van der Waals surface area contributed by atoms with Crippen LogP contribution >= 0.6 is 23.2 Å². The largest absolute Gasteiger partial charge is 0.508 e. The molecule has 0 aliphatic rings. The van der Waals surface area contributed by atoms with Gasteiger partial charge in [-0.2, -0.15) is 5.26 Å². The van der Waals surface area contributed by atoms with Gasteiger partial charge in [-0.25, -0.2) is 4.79 Å². The Bertz CT molecular complexity index is 942. The highest BCUT2D eigenvalue weighted by Crippen LogP contribution is 2.35. The summed E-state index contributed by atoms with van der Waals surface area (Å²) in [5.41, 5.74) is 0.604. The van der Waals surface area contributed by atoms with E-state index in [0.29, 0.717) is 11.3 Å². The molecule has 0 saturated heterocycles. The summed E-state index contributed by atoms with van der Waals surface area (Å²) in [6.07, 6.45) is 1.30. The Labute approximate surface area is 170 Å². The second-order valence-electron chi connectivity index (χ2n) is 5.35. The van der Waals surface area contributed by atoms with Gasteiger partial charge in [-0.15, -0.1) is 0 Å². The van der Waals surface area contributed by atoms with Gasteiger partial charge in [0.1, 0.15) is 17.4 Å². The number of phenolic OH excluding ortho intramolecular Hbond substituents is 1. The van der Waals surface area contributed by atoms with E-state index in [-0.39, 0.29) is 33.7 Å². The van der Waals surface area contributed by atoms with Gasteiger partial charge >= 0.3 is 5.97 Å². The average molecular weight is 421 g/mol. The van der Waals surface area contributed by atoms with E-state index >= 15 is 0 Å². The Hall–Kier alpha value is -3.21. The van der Waals surface area contributed by atoms with E-state index in [9.17, 15) is 20.0 Å². The molecular weight excluding hydrogens is 407 g/mol. The Morgan fingerprint density at radius 1 is 1.21 bits per heavy atom. The summed E-state index contributed by atoms with van der Waals surface area (Å²) in [6.45, 7) is -0.371. The highest BCUT2D eigenvalue weighted by Gasteiger charge is 2.14. The second kappa shape index (κ2) is 9.65.